The molecule has 2 aromatic carbocycles. The number of hydrogen-bond acceptors (Lipinski definition) is 1. The van der Waals surface area contributed by atoms with Crippen LogP contribution in [0, 0.1) is 6.92 Å². The Hall–Kier alpha value is -1.28. The third-order valence-corrected chi connectivity index (χ3v) is 4.73. The summed E-state index contributed by atoms with van der Waals surface area (Å²) in [7, 11) is 0. The topological polar surface area (TPSA) is 12.0 Å². The minimum atomic E-state index is 0.637. The van der Waals surface area contributed by atoms with Crippen LogP contribution >= 0.6 is 15.9 Å². The summed E-state index contributed by atoms with van der Waals surface area (Å²) in [5, 5.41) is 3.63. The summed E-state index contributed by atoms with van der Waals surface area (Å²) in [5.74, 6) is 0.637. The van der Waals surface area contributed by atoms with E-state index in [-0.39, 0.29) is 0 Å². The number of nitrogens with one attached hydrogen (secondary N) is 1. The summed E-state index contributed by atoms with van der Waals surface area (Å²) < 4.78 is 1.13. The molecule has 0 saturated carbocycles. The Morgan fingerprint density at radius 3 is 2.95 bits per heavy atom. The maximum Gasteiger partial charge on any atom is 0.0381 e. The number of anilines is 1. The summed E-state index contributed by atoms with van der Waals surface area (Å²) in [6, 6.07) is 15.3. The van der Waals surface area contributed by atoms with Crippen LogP contribution in [0.1, 0.15) is 35.4 Å². The molecule has 1 aliphatic carbocycles. The summed E-state index contributed by atoms with van der Waals surface area (Å²) in [5.41, 5.74) is 5.62. The third-order valence-electron chi connectivity index (χ3n) is 4.23. The molecule has 1 N–H and O–H groups in total. The monoisotopic (exact) mass is 329 g/mol. The lowest BCUT2D eigenvalue weighted by Gasteiger charge is -2.26. The van der Waals surface area contributed by atoms with Crippen LogP contribution in [-0.4, -0.2) is 6.54 Å². The Labute approximate surface area is 129 Å². The molecule has 3 rings (SSSR count). The fourth-order valence-electron chi connectivity index (χ4n) is 3.08. The van der Waals surface area contributed by atoms with E-state index in [0.717, 1.165) is 11.0 Å². The van der Waals surface area contributed by atoms with Crippen molar-refractivity contribution in [2.45, 2.75) is 32.1 Å². The molecule has 0 spiro atoms. The van der Waals surface area contributed by atoms with Crippen LogP contribution in [0.15, 0.2) is 46.9 Å². The van der Waals surface area contributed by atoms with Gasteiger partial charge in [0, 0.05) is 22.6 Å². The van der Waals surface area contributed by atoms with E-state index in [0.29, 0.717) is 5.92 Å². The number of benzene rings is 2. The van der Waals surface area contributed by atoms with Gasteiger partial charge in [0.25, 0.3) is 0 Å². The number of halogens is 1. The van der Waals surface area contributed by atoms with Crippen molar-refractivity contribution in [3.8, 4) is 0 Å². The van der Waals surface area contributed by atoms with Crippen LogP contribution in [0.25, 0.3) is 0 Å². The lowest BCUT2D eigenvalue weighted by atomic mass is 9.83. The molecule has 0 amide bonds. The highest BCUT2D eigenvalue weighted by Crippen LogP contribution is 2.32. The van der Waals surface area contributed by atoms with Crippen molar-refractivity contribution in [2.75, 3.05) is 11.9 Å². The van der Waals surface area contributed by atoms with Crippen molar-refractivity contribution in [1.82, 2.24) is 0 Å². The van der Waals surface area contributed by atoms with E-state index < -0.39 is 0 Å². The summed E-state index contributed by atoms with van der Waals surface area (Å²) in [6.45, 7) is 3.18. The molecule has 20 heavy (non-hydrogen) atoms. The molecule has 2 heteroatoms. The van der Waals surface area contributed by atoms with E-state index in [9.17, 15) is 0 Å². The fourth-order valence-corrected chi connectivity index (χ4v) is 3.45. The predicted octanol–water partition coefficient (Wildman–Crippen LogP) is 5.29. The summed E-state index contributed by atoms with van der Waals surface area (Å²) in [6.07, 6.45) is 3.83. The van der Waals surface area contributed by atoms with Crippen LogP contribution < -0.4 is 5.32 Å². The fraction of sp³-hybridized carbons (Fsp3) is 0.333. The lowest BCUT2D eigenvalue weighted by molar-refractivity contribution is 0.571. The van der Waals surface area contributed by atoms with Crippen molar-refractivity contribution in [3.63, 3.8) is 0 Å². The van der Waals surface area contributed by atoms with Gasteiger partial charge in [0.15, 0.2) is 0 Å². The molecule has 104 valence electrons. The Kier molecular flexibility index (Phi) is 4.11. The zero-order valence-electron chi connectivity index (χ0n) is 11.8. The average Bonchev–Trinajstić information content (AvgIpc) is 2.48. The second-order valence-electron chi connectivity index (χ2n) is 5.63. The van der Waals surface area contributed by atoms with Crippen molar-refractivity contribution in [3.05, 3.63) is 63.6 Å². The van der Waals surface area contributed by atoms with E-state index in [1.807, 2.05) is 0 Å². The van der Waals surface area contributed by atoms with E-state index in [2.05, 4.69) is 70.6 Å². The average molecular weight is 330 g/mol. The predicted molar refractivity (Wildman–Crippen MR) is 89.5 cm³/mol. The van der Waals surface area contributed by atoms with Crippen LogP contribution in [0.4, 0.5) is 5.69 Å². The van der Waals surface area contributed by atoms with Gasteiger partial charge in [-0.25, -0.2) is 0 Å². The van der Waals surface area contributed by atoms with Crippen molar-refractivity contribution in [2.24, 2.45) is 0 Å². The van der Waals surface area contributed by atoms with Gasteiger partial charge in [-0.3, -0.25) is 0 Å². The minimum Gasteiger partial charge on any atom is -0.384 e. The molecule has 0 heterocycles. The van der Waals surface area contributed by atoms with Gasteiger partial charge < -0.3 is 5.32 Å². The Bertz CT molecular complexity index is 606. The zero-order chi connectivity index (χ0) is 13.9. The first-order chi connectivity index (χ1) is 9.74. The quantitative estimate of drug-likeness (QED) is 0.806. The Balaban J connectivity index is 1.75. The van der Waals surface area contributed by atoms with Crippen LogP contribution in [0.3, 0.4) is 0 Å². The lowest BCUT2D eigenvalue weighted by Crippen LogP contribution is -2.18. The first kappa shape index (κ1) is 13.7. The normalized spacial score (nSPS) is 17.6. The number of aryl methyl sites for hydroxylation is 2. The van der Waals surface area contributed by atoms with Gasteiger partial charge in [0.05, 0.1) is 0 Å². The Morgan fingerprint density at radius 1 is 1.20 bits per heavy atom. The smallest absolute Gasteiger partial charge is 0.0381 e. The number of hydrogen-bond donors (Lipinski definition) is 1. The minimum absolute atomic E-state index is 0.637. The van der Waals surface area contributed by atoms with Crippen LogP contribution in [-0.2, 0) is 6.42 Å². The van der Waals surface area contributed by atoms with Gasteiger partial charge in [0.1, 0.15) is 0 Å². The zero-order valence-corrected chi connectivity index (χ0v) is 13.4. The standard InChI is InChI=1S/C18H20BrN/c1-13-9-10-16(19)11-18(13)20-12-15-7-4-6-14-5-2-3-8-17(14)15/h2-3,5,8-11,15,20H,4,6-7,12H2,1H3. The highest BCUT2D eigenvalue weighted by molar-refractivity contribution is 9.10. The van der Waals surface area contributed by atoms with Crippen LogP contribution in [0.2, 0.25) is 0 Å². The molecular weight excluding hydrogens is 310 g/mol. The molecule has 1 nitrogen and oxygen atoms in total. The molecule has 0 fully saturated rings. The van der Waals surface area contributed by atoms with E-state index >= 15 is 0 Å². The second kappa shape index (κ2) is 6.01. The Morgan fingerprint density at radius 2 is 2.05 bits per heavy atom. The molecule has 2 aromatic rings. The first-order valence-corrected chi connectivity index (χ1v) is 8.11. The highest BCUT2D eigenvalue weighted by Gasteiger charge is 2.19. The van der Waals surface area contributed by atoms with Gasteiger partial charge in [-0.15, -0.1) is 0 Å². The number of fused-ring (bicyclic) bond motifs is 1. The third kappa shape index (κ3) is 2.90. The molecule has 1 aliphatic rings. The van der Waals surface area contributed by atoms with Gasteiger partial charge in [0.2, 0.25) is 0 Å². The summed E-state index contributed by atoms with van der Waals surface area (Å²) >= 11 is 3.55. The molecule has 0 aromatic heterocycles. The highest BCUT2D eigenvalue weighted by atomic mass is 79.9. The largest absolute Gasteiger partial charge is 0.384 e. The number of rotatable bonds is 3. The van der Waals surface area contributed by atoms with Crippen molar-refractivity contribution >= 4 is 21.6 Å². The molecule has 0 saturated heterocycles. The van der Waals surface area contributed by atoms with Gasteiger partial charge >= 0.3 is 0 Å². The molecule has 1 atom stereocenters. The second-order valence-corrected chi connectivity index (χ2v) is 6.54. The molecule has 0 radical (unpaired) electrons. The van der Waals surface area contributed by atoms with E-state index in [4.69, 9.17) is 0 Å². The van der Waals surface area contributed by atoms with Crippen LogP contribution in [0.5, 0.6) is 0 Å². The summed E-state index contributed by atoms with van der Waals surface area (Å²) in [4.78, 5) is 0. The SMILES string of the molecule is Cc1ccc(Br)cc1NCC1CCCc2ccccc21. The van der Waals surface area contributed by atoms with Gasteiger partial charge in [-0.05, 0) is 55.0 Å². The molecule has 1 unspecified atom stereocenters. The van der Waals surface area contributed by atoms with Gasteiger partial charge in [-0.2, -0.15) is 0 Å². The van der Waals surface area contributed by atoms with Gasteiger partial charge in [-0.1, -0.05) is 46.3 Å². The maximum absolute atomic E-state index is 3.63. The first-order valence-electron chi connectivity index (χ1n) is 7.32. The molecular formula is C18H20BrN. The molecule has 0 aliphatic heterocycles. The maximum atomic E-state index is 3.63. The van der Waals surface area contributed by atoms with E-state index in [1.165, 1.54) is 36.1 Å². The molecule has 0 bridgehead atoms. The van der Waals surface area contributed by atoms with Crippen molar-refractivity contribution < 1.29 is 0 Å². The van der Waals surface area contributed by atoms with Crippen molar-refractivity contribution in [1.29, 1.82) is 0 Å². The van der Waals surface area contributed by atoms with E-state index in [1.54, 1.807) is 5.56 Å².